The van der Waals surface area contributed by atoms with Gasteiger partial charge in [-0.3, -0.25) is 9.59 Å². The van der Waals surface area contributed by atoms with Crippen molar-refractivity contribution in [3.05, 3.63) is 86.2 Å². The molecule has 3 aromatic rings. The molecule has 1 aliphatic heterocycles. The number of nitrogens with one attached hydrogen (secondary N) is 1. The lowest BCUT2D eigenvalue weighted by molar-refractivity contribution is -0.120. The van der Waals surface area contributed by atoms with Gasteiger partial charge in [-0.05, 0) is 47.7 Å². The molecule has 0 atom stereocenters. The van der Waals surface area contributed by atoms with E-state index in [1.165, 1.54) is 16.9 Å². The van der Waals surface area contributed by atoms with Gasteiger partial charge < -0.3 is 5.32 Å². The Kier molecular flexibility index (Phi) is 5.46. The number of thiophene rings is 1. The normalized spacial score (nSPS) is 14.1. The molecule has 2 aromatic carbocycles. The quantitative estimate of drug-likeness (QED) is 0.491. The van der Waals surface area contributed by atoms with Crippen LogP contribution in [-0.2, 0) is 16.0 Å². The van der Waals surface area contributed by atoms with E-state index in [2.05, 4.69) is 12.2 Å². The molecule has 7 heteroatoms. The van der Waals surface area contributed by atoms with Gasteiger partial charge in [0.15, 0.2) is 0 Å². The molecule has 146 valence electrons. The molecule has 2 heterocycles. The zero-order chi connectivity index (χ0) is 20.5. The zero-order valence-electron chi connectivity index (χ0n) is 15.4. The molecule has 1 aliphatic rings. The second kappa shape index (κ2) is 8.03. The van der Waals surface area contributed by atoms with Gasteiger partial charge in [0, 0.05) is 10.6 Å². The molecular formula is C22H16Cl2N2O2S. The molecule has 0 saturated heterocycles. The molecule has 0 aliphatic carbocycles. The number of carbonyl (C=O) groups excluding carboxylic acids is 2. The molecule has 0 spiro atoms. The Morgan fingerprint density at radius 2 is 1.72 bits per heavy atom. The minimum absolute atomic E-state index is 0.162. The number of hydrogen-bond acceptors (Lipinski definition) is 4. The van der Waals surface area contributed by atoms with Gasteiger partial charge in [-0.25, -0.2) is 4.90 Å². The fourth-order valence-electron chi connectivity index (χ4n) is 3.15. The fourth-order valence-corrected chi connectivity index (χ4v) is 4.30. The molecule has 0 fully saturated rings. The van der Waals surface area contributed by atoms with Gasteiger partial charge in [-0.2, -0.15) is 0 Å². The maximum absolute atomic E-state index is 13.3. The Hall–Kier alpha value is -2.60. The van der Waals surface area contributed by atoms with Gasteiger partial charge in [-0.1, -0.05) is 54.4 Å². The summed E-state index contributed by atoms with van der Waals surface area (Å²) in [5.41, 5.74) is 2.72. The number of rotatable bonds is 5. The number of imide groups is 1. The van der Waals surface area contributed by atoms with Crippen molar-refractivity contribution < 1.29 is 9.59 Å². The van der Waals surface area contributed by atoms with E-state index >= 15 is 0 Å². The lowest BCUT2D eigenvalue weighted by Gasteiger charge is -2.17. The summed E-state index contributed by atoms with van der Waals surface area (Å²) in [6.45, 7) is 2.08. The first-order chi connectivity index (χ1) is 14.0. The maximum atomic E-state index is 13.3. The summed E-state index contributed by atoms with van der Waals surface area (Å²) < 4.78 is 0. The van der Waals surface area contributed by atoms with E-state index < -0.39 is 11.8 Å². The van der Waals surface area contributed by atoms with Crippen molar-refractivity contribution in [2.75, 3.05) is 10.2 Å². The van der Waals surface area contributed by atoms with Crippen LogP contribution in [0.5, 0.6) is 0 Å². The van der Waals surface area contributed by atoms with E-state index in [0.717, 1.165) is 17.0 Å². The minimum atomic E-state index is -0.470. The van der Waals surface area contributed by atoms with Crippen LogP contribution in [-0.4, -0.2) is 11.8 Å². The van der Waals surface area contributed by atoms with E-state index in [1.54, 1.807) is 18.2 Å². The van der Waals surface area contributed by atoms with Gasteiger partial charge in [0.1, 0.15) is 5.70 Å². The fraction of sp³-hybridized carbons (Fsp3) is 0.0909. The average Bonchev–Trinajstić information content (AvgIpc) is 3.32. The van der Waals surface area contributed by atoms with Crippen LogP contribution in [0.25, 0.3) is 5.57 Å². The van der Waals surface area contributed by atoms with Crippen molar-refractivity contribution in [3.63, 3.8) is 0 Å². The highest BCUT2D eigenvalue weighted by Crippen LogP contribution is 2.40. The average molecular weight is 443 g/mol. The van der Waals surface area contributed by atoms with Crippen molar-refractivity contribution >= 4 is 63.3 Å². The summed E-state index contributed by atoms with van der Waals surface area (Å²) in [5, 5.41) is 5.45. The lowest BCUT2D eigenvalue weighted by Crippen LogP contribution is -2.32. The number of benzene rings is 2. The molecule has 0 unspecified atom stereocenters. The van der Waals surface area contributed by atoms with Crippen LogP contribution < -0.4 is 10.2 Å². The number of carbonyl (C=O) groups is 2. The van der Waals surface area contributed by atoms with E-state index in [1.807, 2.05) is 41.8 Å². The van der Waals surface area contributed by atoms with Crippen molar-refractivity contribution in [1.29, 1.82) is 0 Å². The third-order valence-electron chi connectivity index (χ3n) is 4.66. The third-order valence-corrected chi connectivity index (χ3v) is 6.35. The first-order valence-electron chi connectivity index (χ1n) is 8.98. The largest absolute Gasteiger partial charge is 0.350 e. The first kappa shape index (κ1) is 19.7. The standard InChI is InChI=1S/C22H16Cl2N2O2S/c1-2-13-8-10-14(11-9-13)25-20-18(17-7-4-12-29-17)21(27)26(22(20)28)16-6-3-5-15(23)19(16)24/h3-12,25H,2H2,1H3. The second-order valence-electron chi connectivity index (χ2n) is 6.42. The van der Waals surface area contributed by atoms with Crippen LogP contribution in [0.3, 0.4) is 0 Å². The van der Waals surface area contributed by atoms with Crippen LogP contribution in [0.2, 0.25) is 10.0 Å². The third kappa shape index (κ3) is 3.57. The number of hydrogen-bond donors (Lipinski definition) is 1. The maximum Gasteiger partial charge on any atom is 0.282 e. The predicted molar refractivity (Wildman–Crippen MR) is 120 cm³/mol. The Bertz CT molecular complexity index is 1120. The zero-order valence-corrected chi connectivity index (χ0v) is 17.7. The number of nitrogens with zero attached hydrogens (tertiary/aromatic N) is 1. The summed E-state index contributed by atoms with van der Waals surface area (Å²) in [7, 11) is 0. The molecule has 0 bridgehead atoms. The minimum Gasteiger partial charge on any atom is -0.350 e. The summed E-state index contributed by atoms with van der Waals surface area (Å²) >= 11 is 13.8. The highest BCUT2D eigenvalue weighted by molar-refractivity contribution is 7.11. The molecular weight excluding hydrogens is 427 g/mol. The molecule has 4 rings (SSSR count). The van der Waals surface area contributed by atoms with Crippen molar-refractivity contribution in [2.24, 2.45) is 0 Å². The molecule has 0 radical (unpaired) electrons. The summed E-state index contributed by atoms with van der Waals surface area (Å²) in [6.07, 6.45) is 0.919. The van der Waals surface area contributed by atoms with Crippen LogP contribution in [0.1, 0.15) is 17.4 Å². The van der Waals surface area contributed by atoms with E-state index in [-0.39, 0.29) is 21.4 Å². The Balaban J connectivity index is 1.79. The topological polar surface area (TPSA) is 49.4 Å². The molecule has 4 nitrogen and oxygen atoms in total. The van der Waals surface area contributed by atoms with Gasteiger partial charge in [0.2, 0.25) is 0 Å². The predicted octanol–water partition coefficient (Wildman–Crippen LogP) is 6.01. The van der Waals surface area contributed by atoms with Gasteiger partial charge in [0.25, 0.3) is 11.8 Å². The monoisotopic (exact) mass is 442 g/mol. The lowest BCUT2D eigenvalue weighted by atomic mass is 10.1. The van der Waals surface area contributed by atoms with Crippen molar-refractivity contribution in [1.82, 2.24) is 0 Å². The number of amides is 2. The molecule has 29 heavy (non-hydrogen) atoms. The Labute approximate surface area is 182 Å². The number of anilines is 2. The molecule has 0 saturated carbocycles. The van der Waals surface area contributed by atoms with Crippen LogP contribution >= 0.6 is 34.5 Å². The van der Waals surface area contributed by atoms with E-state index in [9.17, 15) is 9.59 Å². The number of halogens is 2. The highest BCUT2D eigenvalue weighted by atomic mass is 35.5. The smallest absolute Gasteiger partial charge is 0.282 e. The number of aryl methyl sites for hydroxylation is 1. The Morgan fingerprint density at radius 3 is 2.38 bits per heavy atom. The molecule has 1 aromatic heterocycles. The van der Waals surface area contributed by atoms with E-state index in [4.69, 9.17) is 23.2 Å². The second-order valence-corrected chi connectivity index (χ2v) is 8.15. The van der Waals surface area contributed by atoms with Gasteiger partial charge in [0.05, 0.1) is 21.3 Å². The van der Waals surface area contributed by atoms with Crippen molar-refractivity contribution in [2.45, 2.75) is 13.3 Å². The summed E-state index contributed by atoms with van der Waals surface area (Å²) in [5.74, 6) is -0.906. The van der Waals surface area contributed by atoms with Gasteiger partial charge >= 0.3 is 0 Å². The SMILES string of the molecule is CCc1ccc(NC2=C(c3cccs3)C(=O)N(c3cccc(Cl)c3Cl)C2=O)cc1. The molecule has 1 N–H and O–H groups in total. The van der Waals surface area contributed by atoms with E-state index in [0.29, 0.717) is 10.5 Å². The van der Waals surface area contributed by atoms with Crippen LogP contribution in [0.4, 0.5) is 11.4 Å². The molecule has 2 amide bonds. The van der Waals surface area contributed by atoms with Gasteiger partial charge in [-0.15, -0.1) is 11.3 Å². The Morgan fingerprint density at radius 1 is 0.966 bits per heavy atom. The summed E-state index contributed by atoms with van der Waals surface area (Å²) in [4.78, 5) is 28.4. The highest BCUT2D eigenvalue weighted by Gasteiger charge is 2.41. The van der Waals surface area contributed by atoms with Crippen molar-refractivity contribution in [3.8, 4) is 0 Å². The first-order valence-corrected chi connectivity index (χ1v) is 10.6. The van der Waals surface area contributed by atoms with Crippen LogP contribution in [0, 0.1) is 0 Å². The van der Waals surface area contributed by atoms with Crippen LogP contribution in [0.15, 0.2) is 65.7 Å². The summed E-state index contributed by atoms with van der Waals surface area (Å²) in [6, 6.07) is 16.3.